The van der Waals surface area contributed by atoms with Crippen molar-refractivity contribution in [2.75, 3.05) is 13.7 Å². The molecule has 2 heterocycles. The van der Waals surface area contributed by atoms with Crippen LogP contribution in [0.2, 0.25) is 0 Å². The minimum atomic E-state index is 0.162. The van der Waals surface area contributed by atoms with Crippen LogP contribution in [0.3, 0.4) is 0 Å². The lowest BCUT2D eigenvalue weighted by atomic mass is 10.1. The minimum absolute atomic E-state index is 0.162. The summed E-state index contributed by atoms with van der Waals surface area (Å²) < 4.78 is 5.17. The first kappa shape index (κ1) is 16.8. The van der Waals surface area contributed by atoms with Crippen LogP contribution in [0.1, 0.15) is 16.1 Å². The van der Waals surface area contributed by atoms with Gasteiger partial charge in [-0.3, -0.25) is 4.79 Å². The van der Waals surface area contributed by atoms with E-state index in [2.05, 4.69) is 12.1 Å². The zero-order valence-electron chi connectivity index (χ0n) is 14.6. The molecule has 1 aliphatic heterocycles. The van der Waals surface area contributed by atoms with Crippen LogP contribution < -0.4 is 4.74 Å². The highest BCUT2D eigenvalue weighted by atomic mass is 32.1. The summed E-state index contributed by atoms with van der Waals surface area (Å²) in [4.78, 5) is 20.6. The Morgan fingerprint density at radius 2 is 1.92 bits per heavy atom. The molecule has 132 valence electrons. The van der Waals surface area contributed by atoms with E-state index < -0.39 is 0 Å². The Morgan fingerprint density at radius 3 is 2.65 bits per heavy atom. The highest BCUT2D eigenvalue weighted by Crippen LogP contribution is 2.31. The minimum Gasteiger partial charge on any atom is -0.497 e. The maximum absolute atomic E-state index is 12.7. The van der Waals surface area contributed by atoms with Crippen LogP contribution in [-0.2, 0) is 24.2 Å². The smallest absolute Gasteiger partial charge is 0.227 e. The molecular weight excluding hydrogens is 344 g/mol. The Kier molecular flexibility index (Phi) is 4.71. The maximum Gasteiger partial charge on any atom is 0.227 e. The van der Waals surface area contributed by atoms with Crippen LogP contribution in [0.5, 0.6) is 5.75 Å². The van der Waals surface area contributed by atoms with Gasteiger partial charge < -0.3 is 9.64 Å². The molecule has 5 heteroatoms. The molecule has 2 aromatic carbocycles. The van der Waals surface area contributed by atoms with E-state index in [1.807, 2.05) is 47.4 Å². The predicted octanol–water partition coefficient (Wildman–Crippen LogP) is 3.95. The fourth-order valence-corrected chi connectivity index (χ4v) is 4.27. The van der Waals surface area contributed by atoms with Gasteiger partial charge in [0.05, 0.1) is 25.8 Å². The molecule has 0 N–H and O–H groups in total. The van der Waals surface area contributed by atoms with Crippen LogP contribution in [0.25, 0.3) is 10.6 Å². The molecule has 0 spiro atoms. The van der Waals surface area contributed by atoms with Crippen LogP contribution >= 0.6 is 11.3 Å². The number of fused-ring (bicyclic) bond motifs is 1. The molecule has 1 aromatic heterocycles. The van der Waals surface area contributed by atoms with E-state index in [1.165, 1.54) is 4.88 Å². The zero-order valence-corrected chi connectivity index (χ0v) is 15.5. The van der Waals surface area contributed by atoms with E-state index in [-0.39, 0.29) is 5.91 Å². The number of aromatic nitrogens is 1. The van der Waals surface area contributed by atoms with E-state index in [0.717, 1.165) is 40.5 Å². The molecule has 0 atom stereocenters. The second-order valence-corrected chi connectivity index (χ2v) is 7.43. The number of nitrogens with zero attached hydrogens (tertiary/aromatic N) is 2. The van der Waals surface area contributed by atoms with Crippen molar-refractivity contribution in [3.63, 3.8) is 0 Å². The van der Waals surface area contributed by atoms with Crippen LogP contribution in [0.15, 0.2) is 54.6 Å². The molecule has 0 aliphatic carbocycles. The predicted molar refractivity (Wildman–Crippen MR) is 103 cm³/mol. The Labute approximate surface area is 157 Å². The zero-order chi connectivity index (χ0) is 17.9. The Balaban J connectivity index is 1.45. The summed E-state index contributed by atoms with van der Waals surface area (Å²) in [6.45, 7) is 1.40. The number of hydrogen-bond donors (Lipinski definition) is 0. The summed E-state index contributed by atoms with van der Waals surface area (Å²) in [6, 6.07) is 17.9. The van der Waals surface area contributed by atoms with E-state index in [4.69, 9.17) is 9.72 Å². The first-order chi connectivity index (χ1) is 12.7. The molecule has 3 aromatic rings. The third kappa shape index (κ3) is 3.48. The third-order valence-electron chi connectivity index (χ3n) is 4.62. The molecule has 4 rings (SSSR count). The average Bonchev–Trinajstić information content (AvgIpc) is 3.12. The molecule has 4 nitrogen and oxygen atoms in total. The quantitative estimate of drug-likeness (QED) is 0.704. The number of ether oxygens (including phenoxy) is 1. The summed E-state index contributed by atoms with van der Waals surface area (Å²) >= 11 is 1.70. The van der Waals surface area contributed by atoms with Crippen LogP contribution in [0, 0.1) is 0 Å². The Bertz CT molecular complexity index is 904. The molecular formula is C21H20N2O2S. The lowest BCUT2D eigenvalue weighted by Gasteiger charge is -2.26. The van der Waals surface area contributed by atoms with Crippen molar-refractivity contribution in [1.29, 1.82) is 0 Å². The highest BCUT2D eigenvalue weighted by molar-refractivity contribution is 7.15. The molecule has 26 heavy (non-hydrogen) atoms. The highest BCUT2D eigenvalue weighted by Gasteiger charge is 2.24. The molecule has 0 radical (unpaired) electrons. The molecule has 0 fully saturated rings. The van der Waals surface area contributed by atoms with Crippen LogP contribution in [-0.4, -0.2) is 29.4 Å². The topological polar surface area (TPSA) is 42.4 Å². The van der Waals surface area contributed by atoms with Crippen molar-refractivity contribution in [2.45, 2.75) is 19.4 Å². The van der Waals surface area contributed by atoms with Crippen molar-refractivity contribution in [3.05, 3.63) is 70.7 Å². The van der Waals surface area contributed by atoms with Crippen LogP contribution in [0.4, 0.5) is 0 Å². The lowest BCUT2D eigenvalue weighted by Crippen LogP contribution is -2.36. The number of carbonyl (C=O) groups is 1. The van der Waals surface area contributed by atoms with Crippen molar-refractivity contribution >= 4 is 17.2 Å². The number of rotatable bonds is 4. The summed E-state index contributed by atoms with van der Waals surface area (Å²) in [5.74, 6) is 0.970. The van der Waals surface area contributed by atoms with Gasteiger partial charge in [0, 0.05) is 23.4 Å². The number of benzene rings is 2. The summed E-state index contributed by atoms with van der Waals surface area (Å²) in [5.41, 5.74) is 3.29. The fraction of sp³-hybridized carbons (Fsp3) is 0.238. The van der Waals surface area contributed by atoms with E-state index in [1.54, 1.807) is 18.4 Å². The van der Waals surface area contributed by atoms with Crippen molar-refractivity contribution in [2.24, 2.45) is 0 Å². The van der Waals surface area contributed by atoms with E-state index >= 15 is 0 Å². The first-order valence-corrected chi connectivity index (χ1v) is 9.49. The summed E-state index contributed by atoms with van der Waals surface area (Å²) in [5, 5.41) is 1.04. The second kappa shape index (κ2) is 7.30. The van der Waals surface area contributed by atoms with Gasteiger partial charge in [0.15, 0.2) is 0 Å². The first-order valence-electron chi connectivity index (χ1n) is 8.67. The summed E-state index contributed by atoms with van der Waals surface area (Å²) in [6.07, 6.45) is 1.25. The normalized spacial score (nSPS) is 13.3. The van der Waals surface area contributed by atoms with Gasteiger partial charge in [-0.1, -0.05) is 42.5 Å². The van der Waals surface area contributed by atoms with Crippen molar-refractivity contribution in [3.8, 4) is 16.3 Å². The van der Waals surface area contributed by atoms with Gasteiger partial charge >= 0.3 is 0 Å². The third-order valence-corrected chi connectivity index (χ3v) is 5.75. The second-order valence-electron chi connectivity index (χ2n) is 6.35. The number of amides is 1. The number of carbonyl (C=O) groups excluding carboxylic acids is 1. The molecule has 1 amide bonds. The lowest BCUT2D eigenvalue weighted by molar-refractivity contribution is -0.131. The van der Waals surface area contributed by atoms with E-state index in [0.29, 0.717) is 13.0 Å². The van der Waals surface area contributed by atoms with E-state index in [9.17, 15) is 4.79 Å². The Morgan fingerprint density at radius 1 is 1.15 bits per heavy atom. The number of methoxy groups -OCH3 is 1. The van der Waals surface area contributed by atoms with Crippen molar-refractivity contribution < 1.29 is 9.53 Å². The molecule has 1 aliphatic rings. The molecule has 0 unspecified atom stereocenters. The van der Waals surface area contributed by atoms with Gasteiger partial charge in [-0.25, -0.2) is 4.98 Å². The number of hydrogen-bond acceptors (Lipinski definition) is 4. The Hall–Kier alpha value is -2.66. The SMILES string of the molecule is COc1ccc(CC(=O)N2CCc3nc(-c4ccccc4)sc3C2)cc1. The average molecular weight is 364 g/mol. The van der Waals surface area contributed by atoms with Gasteiger partial charge in [-0.05, 0) is 17.7 Å². The molecule has 0 saturated carbocycles. The summed E-state index contributed by atoms with van der Waals surface area (Å²) in [7, 11) is 1.64. The largest absolute Gasteiger partial charge is 0.497 e. The standard InChI is InChI=1S/C21H20N2O2S/c1-25-17-9-7-15(8-10-17)13-20(24)23-12-11-18-19(14-23)26-21(22-18)16-5-3-2-4-6-16/h2-10H,11-14H2,1H3. The fourth-order valence-electron chi connectivity index (χ4n) is 3.14. The van der Waals surface area contributed by atoms with Gasteiger partial charge in [0.2, 0.25) is 5.91 Å². The maximum atomic E-state index is 12.7. The van der Waals surface area contributed by atoms with Crippen molar-refractivity contribution in [1.82, 2.24) is 9.88 Å². The molecule has 0 saturated heterocycles. The number of thiazole rings is 1. The molecule has 0 bridgehead atoms. The monoisotopic (exact) mass is 364 g/mol. The van der Waals surface area contributed by atoms with Gasteiger partial charge in [-0.15, -0.1) is 11.3 Å². The van der Waals surface area contributed by atoms with Gasteiger partial charge in [-0.2, -0.15) is 0 Å². The van der Waals surface area contributed by atoms with Gasteiger partial charge in [0.25, 0.3) is 0 Å². The van der Waals surface area contributed by atoms with Gasteiger partial charge in [0.1, 0.15) is 10.8 Å².